The third-order valence-corrected chi connectivity index (χ3v) is 4.98. The third-order valence-electron chi connectivity index (χ3n) is 4.98. The molecule has 1 aromatic carbocycles. The van der Waals surface area contributed by atoms with Crippen molar-refractivity contribution in [1.29, 1.82) is 0 Å². The number of aromatic amines is 1. The Bertz CT molecular complexity index is 1010. The average Bonchev–Trinajstić information content (AvgIpc) is 3.29. The van der Waals surface area contributed by atoms with Gasteiger partial charge in [0.05, 0.1) is 29.3 Å². The fourth-order valence-electron chi connectivity index (χ4n) is 3.88. The molecule has 1 spiro atoms. The van der Waals surface area contributed by atoms with Crippen molar-refractivity contribution in [2.75, 3.05) is 6.54 Å². The highest BCUT2D eigenvalue weighted by atomic mass is 16.7. The standard InChI is InChI=1S/C21H24N4O3/c1-6-14-7-8-15-16(9-14)23-18(22-15)17-11-21(10-13(2)24-28-21)12-25(17)19(26)27-20(3,4)5/h1,7-9,17H,10-12H2,2-5H3,(H,22,23)/t17-,21+/m1/s1. The Morgan fingerprint density at radius 2 is 2.25 bits per heavy atom. The van der Waals surface area contributed by atoms with E-state index >= 15 is 0 Å². The van der Waals surface area contributed by atoms with Gasteiger partial charge < -0.3 is 14.6 Å². The Hall–Kier alpha value is -3.01. The first-order valence-electron chi connectivity index (χ1n) is 9.36. The van der Waals surface area contributed by atoms with Gasteiger partial charge in [0.2, 0.25) is 0 Å². The molecule has 146 valence electrons. The van der Waals surface area contributed by atoms with Crippen LogP contribution in [0.4, 0.5) is 4.79 Å². The molecular weight excluding hydrogens is 356 g/mol. The first kappa shape index (κ1) is 18.4. The van der Waals surface area contributed by atoms with E-state index in [2.05, 4.69) is 16.1 Å². The van der Waals surface area contributed by atoms with Gasteiger partial charge in [0.1, 0.15) is 11.4 Å². The van der Waals surface area contributed by atoms with Crippen LogP contribution in [0.1, 0.15) is 58.0 Å². The summed E-state index contributed by atoms with van der Waals surface area (Å²) >= 11 is 0. The molecule has 4 rings (SSSR count). The summed E-state index contributed by atoms with van der Waals surface area (Å²) < 4.78 is 5.64. The fourth-order valence-corrected chi connectivity index (χ4v) is 3.88. The van der Waals surface area contributed by atoms with E-state index < -0.39 is 11.2 Å². The van der Waals surface area contributed by atoms with Gasteiger partial charge in [0.15, 0.2) is 5.60 Å². The second-order valence-electron chi connectivity index (χ2n) is 8.60. The Morgan fingerprint density at radius 3 is 2.89 bits per heavy atom. The van der Waals surface area contributed by atoms with Crippen molar-refractivity contribution in [2.24, 2.45) is 5.16 Å². The molecule has 1 amide bonds. The molecule has 0 radical (unpaired) electrons. The van der Waals surface area contributed by atoms with Crippen molar-refractivity contribution < 1.29 is 14.4 Å². The summed E-state index contributed by atoms with van der Waals surface area (Å²) in [5.74, 6) is 3.32. The molecule has 3 heterocycles. The Balaban J connectivity index is 1.69. The van der Waals surface area contributed by atoms with Crippen LogP contribution in [0.25, 0.3) is 11.0 Å². The molecule has 7 nitrogen and oxygen atoms in total. The topological polar surface area (TPSA) is 79.8 Å². The molecule has 0 unspecified atom stereocenters. The minimum Gasteiger partial charge on any atom is -0.444 e. The van der Waals surface area contributed by atoms with Crippen molar-refractivity contribution in [1.82, 2.24) is 14.9 Å². The molecular formula is C21H24N4O3. The number of hydrogen-bond donors (Lipinski definition) is 1. The number of aromatic nitrogens is 2. The molecule has 0 saturated carbocycles. The predicted molar refractivity (Wildman–Crippen MR) is 106 cm³/mol. The van der Waals surface area contributed by atoms with Gasteiger partial charge in [-0.15, -0.1) is 6.42 Å². The van der Waals surface area contributed by atoms with E-state index in [-0.39, 0.29) is 12.1 Å². The first-order chi connectivity index (χ1) is 13.2. The number of fused-ring (bicyclic) bond motifs is 1. The fraction of sp³-hybridized carbons (Fsp3) is 0.476. The molecule has 7 heteroatoms. The molecule has 1 N–H and O–H groups in total. The molecule has 2 aliphatic heterocycles. The van der Waals surface area contributed by atoms with Crippen LogP contribution in [-0.2, 0) is 9.57 Å². The van der Waals surface area contributed by atoms with Gasteiger partial charge in [-0.1, -0.05) is 11.1 Å². The minimum atomic E-state index is -0.587. The molecule has 2 aromatic rings. The zero-order chi connectivity index (χ0) is 20.1. The number of hydrogen-bond acceptors (Lipinski definition) is 5. The van der Waals surface area contributed by atoms with Gasteiger partial charge in [-0.2, -0.15) is 0 Å². The summed E-state index contributed by atoms with van der Waals surface area (Å²) in [5.41, 5.74) is 2.23. The predicted octanol–water partition coefficient (Wildman–Crippen LogP) is 3.76. The highest BCUT2D eigenvalue weighted by Gasteiger charge is 2.53. The van der Waals surface area contributed by atoms with Crippen molar-refractivity contribution in [3.63, 3.8) is 0 Å². The summed E-state index contributed by atoms with van der Waals surface area (Å²) in [6.45, 7) is 7.90. The number of rotatable bonds is 1. The van der Waals surface area contributed by atoms with Gasteiger partial charge in [0, 0.05) is 18.4 Å². The highest BCUT2D eigenvalue weighted by Crippen LogP contribution is 2.44. The summed E-state index contributed by atoms with van der Waals surface area (Å²) in [6.07, 6.45) is 6.39. The highest BCUT2D eigenvalue weighted by molar-refractivity contribution is 5.84. The van der Waals surface area contributed by atoms with Crippen LogP contribution in [0.3, 0.4) is 0 Å². The number of amides is 1. The van der Waals surface area contributed by atoms with Crippen LogP contribution in [-0.4, -0.2) is 44.4 Å². The monoisotopic (exact) mass is 380 g/mol. The van der Waals surface area contributed by atoms with Crippen molar-refractivity contribution in [3.05, 3.63) is 29.6 Å². The second-order valence-corrected chi connectivity index (χ2v) is 8.60. The van der Waals surface area contributed by atoms with Gasteiger partial charge in [-0.05, 0) is 45.9 Å². The molecule has 1 aromatic heterocycles. The van der Waals surface area contributed by atoms with Crippen LogP contribution in [0.15, 0.2) is 23.4 Å². The molecule has 0 bridgehead atoms. The van der Waals surface area contributed by atoms with Crippen molar-refractivity contribution >= 4 is 22.8 Å². The summed E-state index contributed by atoms with van der Waals surface area (Å²) in [4.78, 5) is 28.4. The van der Waals surface area contributed by atoms with E-state index in [9.17, 15) is 4.79 Å². The number of oxime groups is 1. The van der Waals surface area contributed by atoms with Crippen LogP contribution in [0.5, 0.6) is 0 Å². The SMILES string of the molecule is C#Cc1ccc2nc([C@H]3C[C@@]4(CC(C)=NO4)CN3C(=O)OC(C)(C)C)[nH]c2c1. The molecule has 2 atom stereocenters. The van der Waals surface area contributed by atoms with Crippen molar-refractivity contribution in [2.45, 2.75) is 57.8 Å². The number of benzene rings is 1. The van der Waals surface area contributed by atoms with E-state index in [0.717, 1.165) is 22.3 Å². The van der Waals surface area contributed by atoms with Gasteiger partial charge >= 0.3 is 6.09 Å². The van der Waals surface area contributed by atoms with Crippen LogP contribution < -0.4 is 0 Å². The number of terminal acetylenes is 1. The lowest BCUT2D eigenvalue weighted by atomic mass is 9.94. The Labute approximate surface area is 164 Å². The minimum absolute atomic E-state index is 0.294. The number of nitrogens with zero attached hydrogens (tertiary/aromatic N) is 3. The number of imidazole rings is 1. The normalized spacial score (nSPS) is 24.3. The Kier molecular flexibility index (Phi) is 4.11. The third kappa shape index (κ3) is 3.31. The maximum atomic E-state index is 12.9. The zero-order valence-corrected chi connectivity index (χ0v) is 16.6. The second kappa shape index (κ2) is 6.26. The van der Waals surface area contributed by atoms with E-state index in [1.165, 1.54) is 0 Å². The number of carbonyl (C=O) groups is 1. The van der Waals surface area contributed by atoms with Crippen LogP contribution >= 0.6 is 0 Å². The summed E-state index contributed by atoms with van der Waals surface area (Å²) in [5, 5.41) is 4.12. The summed E-state index contributed by atoms with van der Waals surface area (Å²) in [7, 11) is 0. The summed E-state index contributed by atoms with van der Waals surface area (Å²) in [6, 6.07) is 5.32. The maximum absolute atomic E-state index is 12.9. The quantitative estimate of drug-likeness (QED) is 0.764. The number of nitrogens with one attached hydrogen (secondary N) is 1. The maximum Gasteiger partial charge on any atom is 0.411 e. The lowest BCUT2D eigenvalue weighted by molar-refractivity contribution is -0.0159. The van der Waals surface area contributed by atoms with Crippen LogP contribution in [0, 0.1) is 12.3 Å². The molecule has 1 fully saturated rings. The number of likely N-dealkylation sites (tertiary alicyclic amines) is 1. The van der Waals surface area contributed by atoms with Gasteiger partial charge in [-0.25, -0.2) is 9.78 Å². The molecule has 1 saturated heterocycles. The lowest BCUT2D eigenvalue weighted by Gasteiger charge is -2.27. The largest absolute Gasteiger partial charge is 0.444 e. The van der Waals surface area contributed by atoms with Gasteiger partial charge in [-0.3, -0.25) is 4.90 Å². The molecule has 2 aliphatic rings. The molecule has 28 heavy (non-hydrogen) atoms. The van der Waals surface area contributed by atoms with E-state index in [1.54, 1.807) is 4.90 Å². The number of H-pyrrole nitrogens is 1. The average molecular weight is 380 g/mol. The van der Waals surface area contributed by atoms with Crippen molar-refractivity contribution in [3.8, 4) is 12.3 Å². The first-order valence-corrected chi connectivity index (χ1v) is 9.36. The van der Waals surface area contributed by atoms with E-state index in [1.807, 2.05) is 45.9 Å². The van der Waals surface area contributed by atoms with E-state index in [4.69, 9.17) is 21.0 Å². The zero-order valence-electron chi connectivity index (χ0n) is 16.6. The number of ether oxygens (including phenoxy) is 1. The lowest BCUT2D eigenvalue weighted by Crippen LogP contribution is -2.40. The molecule has 0 aliphatic carbocycles. The van der Waals surface area contributed by atoms with E-state index in [0.29, 0.717) is 25.2 Å². The Morgan fingerprint density at radius 1 is 1.46 bits per heavy atom. The smallest absolute Gasteiger partial charge is 0.411 e. The number of carbonyl (C=O) groups excluding carboxylic acids is 1. The van der Waals surface area contributed by atoms with Crippen LogP contribution in [0.2, 0.25) is 0 Å². The van der Waals surface area contributed by atoms with Gasteiger partial charge in [0.25, 0.3) is 0 Å².